The molecule has 1 saturated heterocycles. The molecule has 0 atom stereocenters. The molecule has 1 heterocycles. The first kappa shape index (κ1) is 12.5. The van der Waals surface area contributed by atoms with Crippen molar-refractivity contribution in [3.63, 3.8) is 0 Å². The molecule has 0 amide bonds. The minimum Gasteiger partial charge on any atom is -0.371 e. The highest BCUT2D eigenvalue weighted by Crippen LogP contribution is 2.36. The summed E-state index contributed by atoms with van der Waals surface area (Å²) in [4.78, 5) is 2.60. The summed E-state index contributed by atoms with van der Waals surface area (Å²) in [5, 5.41) is 0. The van der Waals surface area contributed by atoms with Gasteiger partial charge >= 0.3 is 0 Å². The molecule has 0 spiro atoms. The van der Waals surface area contributed by atoms with Crippen LogP contribution in [0, 0.1) is 0 Å². The number of para-hydroxylation sites is 1. The maximum atomic E-state index is 2.60. The van der Waals surface area contributed by atoms with Gasteiger partial charge in [0, 0.05) is 18.8 Å². The Balaban J connectivity index is 2.49. The van der Waals surface area contributed by atoms with E-state index in [1.807, 2.05) is 0 Å². The second-order valence-electron chi connectivity index (χ2n) is 5.79. The summed E-state index contributed by atoms with van der Waals surface area (Å²) in [7, 11) is 0. The fraction of sp³-hybridized carbons (Fsp3) is 0.625. The van der Waals surface area contributed by atoms with Gasteiger partial charge in [-0.05, 0) is 35.8 Å². The molecular formula is C16H25N. The maximum Gasteiger partial charge on any atom is 0.0436 e. The maximum absolute atomic E-state index is 2.60. The van der Waals surface area contributed by atoms with Crippen LogP contribution in [-0.2, 0) is 0 Å². The Morgan fingerprint density at radius 1 is 0.882 bits per heavy atom. The molecule has 1 fully saturated rings. The van der Waals surface area contributed by atoms with Crippen LogP contribution in [0.5, 0.6) is 0 Å². The Kier molecular flexibility index (Phi) is 3.76. The fourth-order valence-electron chi connectivity index (χ4n) is 2.82. The van der Waals surface area contributed by atoms with Gasteiger partial charge in [0.25, 0.3) is 0 Å². The summed E-state index contributed by atoms with van der Waals surface area (Å²) in [6.45, 7) is 11.7. The van der Waals surface area contributed by atoms with Gasteiger partial charge in [0.15, 0.2) is 0 Å². The van der Waals surface area contributed by atoms with E-state index >= 15 is 0 Å². The van der Waals surface area contributed by atoms with Crippen molar-refractivity contribution in [3.8, 4) is 0 Å². The van der Waals surface area contributed by atoms with Crippen molar-refractivity contribution < 1.29 is 0 Å². The third kappa shape index (κ3) is 2.48. The zero-order chi connectivity index (χ0) is 12.4. The Hall–Kier alpha value is -0.980. The molecule has 0 N–H and O–H groups in total. The molecule has 1 aromatic carbocycles. The molecule has 2 rings (SSSR count). The van der Waals surface area contributed by atoms with Crippen LogP contribution >= 0.6 is 0 Å². The zero-order valence-electron chi connectivity index (χ0n) is 11.7. The van der Waals surface area contributed by atoms with E-state index in [9.17, 15) is 0 Å². The molecule has 0 aromatic heterocycles. The lowest BCUT2D eigenvalue weighted by molar-refractivity contribution is 0.808. The van der Waals surface area contributed by atoms with Crippen molar-refractivity contribution in [1.29, 1.82) is 0 Å². The molecule has 1 aliphatic rings. The smallest absolute Gasteiger partial charge is 0.0436 e. The average Bonchev–Trinajstić information content (AvgIpc) is 2.80. The summed E-state index contributed by atoms with van der Waals surface area (Å²) in [5.41, 5.74) is 4.59. The van der Waals surface area contributed by atoms with Crippen LogP contribution in [-0.4, -0.2) is 13.1 Å². The van der Waals surface area contributed by atoms with E-state index in [1.165, 1.54) is 42.7 Å². The number of hydrogen-bond donors (Lipinski definition) is 0. The second-order valence-corrected chi connectivity index (χ2v) is 5.79. The van der Waals surface area contributed by atoms with Crippen molar-refractivity contribution in [3.05, 3.63) is 29.3 Å². The molecule has 1 nitrogen and oxygen atoms in total. The zero-order valence-corrected chi connectivity index (χ0v) is 11.7. The summed E-state index contributed by atoms with van der Waals surface area (Å²) in [6.07, 6.45) is 2.70. The Bertz CT molecular complexity index is 347. The van der Waals surface area contributed by atoms with Crippen LogP contribution in [0.1, 0.15) is 63.5 Å². The molecule has 94 valence electrons. The first-order valence-corrected chi connectivity index (χ1v) is 6.99. The van der Waals surface area contributed by atoms with Gasteiger partial charge < -0.3 is 4.90 Å². The molecule has 17 heavy (non-hydrogen) atoms. The van der Waals surface area contributed by atoms with Crippen molar-refractivity contribution >= 4 is 5.69 Å². The minimum absolute atomic E-state index is 0.615. The second kappa shape index (κ2) is 5.12. The van der Waals surface area contributed by atoms with Crippen molar-refractivity contribution in [1.82, 2.24) is 0 Å². The van der Waals surface area contributed by atoms with E-state index in [-0.39, 0.29) is 0 Å². The average molecular weight is 231 g/mol. The van der Waals surface area contributed by atoms with Crippen LogP contribution in [0.15, 0.2) is 18.2 Å². The summed E-state index contributed by atoms with van der Waals surface area (Å²) >= 11 is 0. The quantitative estimate of drug-likeness (QED) is 0.738. The van der Waals surface area contributed by atoms with Crippen LogP contribution in [0.4, 0.5) is 5.69 Å². The predicted octanol–water partition coefficient (Wildman–Crippen LogP) is 4.53. The molecule has 0 radical (unpaired) electrons. The Morgan fingerprint density at radius 3 is 1.76 bits per heavy atom. The van der Waals surface area contributed by atoms with Crippen molar-refractivity contribution in [2.45, 2.75) is 52.4 Å². The normalized spacial score (nSPS) is 16.2. The number of rotatable bonds is 3. The number of benzene rings is 1. The fourth-order valence-corrected chi connectivity index (χ4v) is 2.82. The minimum atomic E-state index is 0.615. The third-order valence-electron chi connectivity index (χ3n) is 3.76. The SMILES string of the molecule is CC(C)c1cccc(C(C)C)c1N1CCCC1. The highest BCUT2D eigenvalue weighted by atomic mass is 15.1. The highest BCUT2D eigenvalue weighted by molar-refractivity contribution is 5.62. The van der Waals surface area contributed by atoms with Crippen molar-refractivity contribution in [2.24, 2.45) is 0 Å². The largest absolute Gasteiger partial charge is 0.371 e. The standard InChI is InChI=1S/C16H25N/c1-12(2)14-8-7-9-15(13(3)4)16(14)17-10-5-6-11-17/h7-9,12-13H,5-6,10-11H2,1-4H3. The van der Waals surface area contributed by atoms with Gasteiger partial charge in [-0.3, -0.25) is 0 Å². The number of nitrogens with zero attached hydrogens (tertiary/aromatic N) is 1. The van der Waals surface area contributed by atoms with E-state index in [0.29, 0.717) is 11.8 Å². The van der Waals surface area contributed by atoms with Crippen LogP contribution in [0.3, 0.4) is 0 Å². The first-order chi connectivity index (χ1) is 8.11. The van der Waals surface area contributed by atoms with Crippen molar-refractivity contribution in [2.75, 3.05) is 18.0 Å². The number of hydrogen-bond acceptors (Lipinski definition) is 1. The number of anilines is 1. The molecule has 0 bridgehead atoms. The van der Waals surface area contributed by atoms with Gasteiger partial charge in [-0.1, -0.05) is 45.9 Å². The first-order valence-electron chi connectivity index (χ1n) is 6.99. The van der Waals surface area contributed by atoms with Gasteiger partial charge in [-0.2, -0.15) is 0 Å². The molecule has 1 aliphatic heterocycles. The molecule has 0 aliphatic carbocycles. The molecule has 1 heteroatoms. The van der Waals surface area contributed by atoms with Gasteiger partial charge in [-0.25, -0.2) is 0 Å². The van der Waals surface area contributed by atoms with Crippen LogP contribution in [0.2, 0.25) is 0 Å². The van der Waals surface area contributed by atoms with E-state index < -0.39 is 0 Å². The Morgan fingerprint density at radius 2 is 1.35 bits per heavy atom. The summed E-state index contributed by atoms with van der Waals surface area (Å²) in [6, 6.07) is 6.85. The van der Waals surface area contributed by atoms with Gasteiger partial charge in [-0.15, -0.1) is 0 Å². The molecule has 0 unspecified atom stereocenters. The Labute approximate surface area is 106 Å². The van der Waals surface area contributed by atoms with Gasteiger partial charge in [0.1, 0.15) is 0 Å². The predicted molar refractivity (Wildman–Crippen MR) is 76.1 cm³/mol. The van der Waals surface area contributed by atoms with E-state index in [2.05, 4.69) is 50.8 Å². The van der Waals surface area contributed by atoms with E-state index in [4.69, 9.17) is 0 Å². The van der Waals surface area contributed by atoms with E-state index in [1.54, 1.807) is 0 Å². The molecule has 1 aromatic rings. The topological polar surface area (TPSA) is 3.24 Å². The monoisotopic (exact) mass is 231 g/mol. The summed E-state index contributed by atoms with van der Waals surface area (Å²) in [5.74, 6) is 1.23. The lowest BCUT2D eigenvalue weighted by atomic mass is 9.92. The molecule has 0 saturated carbocycles. The lowest BCUT2D eigenvalue weighted by Gasteiger charge is -2.28. The third-order valence-corrected chi connectivity index (χ3v) is 3.76. The van der Waals surface area contributed by atoms with Gasteiger partial charge in [0.2, 0.25) is 0 Å². The van der Waals surface area contributed by atoms with Gasteiger partial charge in [0.05, 0.1) is 0 Å². The highest BCUT2D eigenvalue weighted by Gasteiger charge is 2.21. The van der Waals surface area contributed by atoms with E-state index in [0.717, 1.165) is 0 Å². The molecular weight excluding hydrogens is 206 g/mol. The van der Waals surface area contributed by atoms with Crippen LogP contribution in [0.25, 0.3) is 0 Å². The summed E-state index contributed by atoms with van der Waals surface area (Å²) < 4.78 is 0. The van der Waals surface area contributed by atoms with Crippen LogP contribution < -0.4 is 4.90 Å². The lowest BCUT2D eigenvalue weighted by Crippen LogP contribution is -2.21.